The second-order valence-corrected chi connectivity index (χ2v) is 8.00. The molecular formula is C31H21N. The topological polar surface area (TPSA) is 12.9 Å². The molecule has 0 radical (unpaired) electrons. The van der Waals surface area contributed by atoms with E-state index in [1.807, 2.05) is 12.3 Å². The van der Waals surface area contributed by atoms with Crippen molar-refractivity contribution >= 4 is 21.5 Å². The van der Waals surface area contributed by atoms with Gasteiger partial charge in [0.25, 0.3) is 0 Å². The lowest BCUT2D eigenvalue weighted by atomic mass is 9.86. The molecule has 0 aliphatic rings. The summed E-state index contributed by atoms with van der Waals surface area (Å²) in [6, 6.07) is 43.0. The van der Waals surface area contributed by atoms with Gasteiger partial charge in [0.1, 0.15) is 0 Å². The minimum Gasteiger partial charge on any atom is -0.256 e. The van der Waals surface area contributed by atoms with E-state index in [2.05, 4.69) is 115 Å². The van der Waals surface area contributed by atoms with Gasteiger partial charge in [-0.15, -0.1) is 0 Å². The van der Waals surface area contributed by atoms with Gasteiger partial charge in [-0.05, 0) is 55.9 Å². The first-order valence-corrected chi connectivity index (χ1v) is 10.9. The third-order valence-corrected chi connectivity index (χ3v) is 6.15. The lowest BCUT2D eigenvalue weighted by Crippen LogP contribution is -1.93. The van der Waals surface area contributed by atoms with Crippen molar-refractivity contribution in [1.82, 2.24) is 4.98 Å². The van der Waals surface area contributed by atoms with Crippen LogP contribution in [0, 0.1) is 0 Å². The van der Waals surface area contributed by atoms with Gasteiger partial charge in [-0.1, -0.05) is 109 Å². The Labute approximate surface area is 187 Å². The fraction of sp³-hybridized carbons (Fsp3) is 0. The molecule has 6 rings (SSSR count). The van der Waals surface area contributed by atoms with Gasteiger partial charge >= 0.3 is 0 Å². The Hall–Kier alpha value is -4.23. The highest BCUT2D eigenvalue weighted by atomic mass is 14.7. The predicted molar refractivity (Wildman–Crippen MR) is 136 cm³/mol. The number of fused-ring (bicyclic) bond motifs is 2. The molecule has 0 saturated carbocycles. The van der Waals surface area contributed by atoms with E-state index in [9.17, 15) is 0 Å². The monoisotopic (exact) mass is 407 g/mol. The maximum absolute atomic E-state index is 4.78. The van der Waals surface area contributed by atoms with Crippen molar-refractivity contribution in [2.24, 2.45) is 0 Å². The van der Waals surface area contributed by atoms with Crippen LogP contribution in [0.5, 0.6) is 0 Å². The normalized spacial score (nSPS) is 11.1. The lowest BCUT2D eigenvalue weighted by Gasteiger charge is -2.18. The molecule has 0 amide bonds. The summed E-state index contributed by atoms with van der Waals surface area (Å²) in [6.45, 7) is 0. The van der Waals surface area contributed by atoms with Crippen LogP contribution in [-0.2, 0) is 0 Å². The van der Waals surface area contributed by atoms with Crippen molar-refractivity contribution in [2.75, 3.05) is 0 Å². The van der Waals surface area contributed by atoms with Crippen LogP contribution < -0.4 is 0 Å². The molecule has 0 aliphatic carbocycles. The summed E-state index contributed by atoms with van der Waals surface area (Å²) in [5, 5.41) is 4.99. The quantitative estimate of drug-likeness (QED) is 0.287. The summed E-state index contributed by atoms with van der Waals surface area (Å²) in [5.41, 5.74) is 7.01. The van der Waals surface area contributed by atoms with Gasteiger partial charge in [0.2, 0.25) is 0 Å². The number of aromatic nitrogens is 1. The van der Waals surface area contributed by atoms with E-state index in [0.717, 1.165) is 5.69 Å². The Bertz CT molecular complexity index is 1460. The molecule has 6 aromatic rings. The Balaban J connectivity index is 1.73. The second kappa shape index (κ2) is 7.79. The number of hydrogen-bond acceptors (Lipinski definition) is 1. The van der Waals surface area contributed by atoms with Crippen LogP contribution >= 0.6 is 0 Å². The molecule has 1 heteroatoms. The largest absolute Gasteiger partial charge is 0.256 e. The molecule has 0 saturated heterocycles. The second-order valence-electron chi connectivity index (χ2n) is 8.00. The molecule has 5 aromatic carbocycles. The van der Waals surface area contributed by atoms with Gasteiger partial charge in [0.15, 0.2) is 0 Å². The Morgan fingerprint density at radius 3 is 1.41 bits per heavy atom. The third-order valence-electron chi connectivity index (χ3n) is 6.15. The smallest absolute Gasteiger partial charge is 0.0714 e. The molecule has 0 unspecified atom stereocenters. The number of pyridine rings is 1. The fourth-order valence-corrected chi connectivity index (χ4v) is 4.71. The minimum atomic E-state index is 0.985. The molecule has 1 aromatic heterocycles. The minimum absolute atomic E-state index is 0.985. The number of benzene rings is 5. The Morgan fingerprint density at radius 2 is 0.844 bits per heavy atom. The molecule has 0 spiro atoms. The van der Waals surface area contributed by atoms with Crippen molar-refractivity contribution < 1.29 is 0 Å². The molecule has 1 heterocycles. The number of hydrogen-bond donors (Lipinski definition) is 0. The number of nitrogens with zero attached hydrogens (tertiary/aromatic N) is 1. The van der Waals surface area contributed by atoms with Gasteiger partial charge in [0, 0.05) is 11.8 Å². The van der Waals surface area contributed by atoms with Crippen molar-refractivity contribution in [3.8, 4) is 33.5 Å². The summed E-state index contributed by atoms with van der Waals surface area (Å²) in [4.78, 5) is 4.78. The maximum Gasteiger partial charge on any atom is 0.0714 e. The van der Waals surface area contributed by atoms with Crippen molar-refractivity contribution in [1.29, 1.82) is 0 Å². The zero-order chi connectivity index (χ0) is 21.3. The standard InChI is InChI=1S/C31H21N/c1-3-14-24-22(10-1)12-7-16-26(24)28-18-9-19-29(31(28)30-20-5-6-21-32-30)27-17-8-13-23-11-2-4-15-25(23)27/h1-21H. The van der Waals surface area contributed by atoms with Crippen molar-refractivity contribution in [2.45, 2.75) is 0 Å². The van der Waals surface area contributed by atoms with E-state index in [-0.39, 0.29) is 0 Å². The zero-order valence-electron chi connectivity index (χ0n) is 17.6. The van der Waals surface area contributed by atoms with Crippen LogP contribution in [0.3, 0.4) is 0 Å². The van der Waals surface area contributed by atoms with Gasteiger partial charge in [-0.2, -0.15) is 0 Å². The summed E-state index contributed by atoms with van der Waals surface area (Å²) < 4.78 is 0. The SMILES string of the molecule is c1ccc(-c2c(-c3cccc4ccccc34)cccc2-c2cccc3ccccc23)nc1. The molecule has 0 bridgehead atoms. The highest BCUT2D eigenvalue weighted by Crippen LogP contribution is 2.43. The van der Waals surface area contributed by atoms with Crippen molar-refractivity contribution in [3.63, 3.8) is 0 Å². The highest BCUT2D eigenvalue weighted by Gasteiger charge is 2.17. The van der Waals surface area contributed by atoms with Crippen LogP contribution in [0.2, 0.25) is 0 Å². The van der Waals surface area contributed by atoms with Gasteiger partial charge in [-0.25, -0.2) is 0 Å². The highest BCUT2D eigenvalue weighted by molar-refractivity contribution is 6.06. The summed E-state index contributed by atoms with van der Waals surface area (Å²) >= 11 is 0. The first kappa shape index (κ1) is 18.5. The molecule has 32 heavy (non-hydrogen) atoms. The van der Waals surface area contributed by atoms with Crippen molar-refractivity contribution in [3.05, 3.63) is 128 Å². The van der Waals surface area contributed by atoms with E-state index in [1.54, 1.807) is 0 Å². The van der Waals surface area contributed by atoms with Crippen LogP contribution in [0.25, 0.3) is 55.1 Å². The van der Waals surface area contributed by atoms with Crippen LogP contribution in [0.1, 0.15) is 0 Å². The average molecular weight is 408 g/mol. The van der Waals surface area contributed by atoms with Crippen LogP contribution in [0.4, 0.5) is 0 Å². The summed E-state index contributed by atoms with van der Waals surface area (Å²) in [7, 11) is 0. The van der Waals surface area contributed by atoms with E-state index in [4.69, 9.17) is 4.98 Å². The van der Waals surface area contributed by atoms with Gasteiger partial charge in [0.05, 0.1) is 5.69 Å². The summed E-state index contributed by atoms with van der Waals surface area (Å²) in [5.74, 6) is 0. The third kappa shape index (κ3) is 3.07. The van der Waals surface area contributed by atoms with E-state index >= 15 is 0 Å². The molecular weight excluding hydrogens is 386 g/mol. The van der Waals surface area contributed by atoms with E-state index in [1.165, 1.54) is 49.4 Å². The average Bonchev–Trinajstić information content (AvgIpc) is 2.88. The van der Waals surface area contributed by atoms with Crippen LogP contribution in [-0.4, -0.2) is 4.98 Å². The molecule has 0 atom stereocenters. The number of rotatable bonds is 3. The lowest BCUT2D eigenvalue weighted by molar-refractivity contribution is 1.33. The molecule has 1 nitrogen and oxygen atoms in total. The first-order valence-electron chi connectivity index (χ1n) is 10.9. The molecule has 150 valence electrons. The van der Waals surface area contributed by atoms with Gasteiger partial charge < -0.3 is 0 Å². The predicted octanol–water partition coefficient (Wildman–Crippen LogP) is 8.39. The van der Waals surface area contributed by atoms with Gasteiger partial charge in [-0.3, -0.25) is 4.98 Å². The van der Waals surface area contributed by atoms with E-state index < -0.39 is 0 Å². The Morgan fingerprint density at radius 1 is 0.375 bits per heavy atom. The molecule has 0 N–H and O–H groups in total. The summed E-state index contributed by atoms with van der Waals surface area (Å²) in [6.07, 6.45) is 1.88. The fourth-order valence-electron chi connectivity index (χ4n) is 4.71. The first-order chi connectivity index (χ1) is 15.9. The maximum atomic E-state index is 4.78. The van der Waals surface area contributed by atoms with Crippen LogP contribution in [0.15, 0.2) is 128 Å². The Kier molecular flexibility index (Phi) is 4.51. The molecule has 0 aliphatic heterocycles. The van der Waals surface area contributed by atoms with E-state index in [0.29, 0.717) is 0 Å². The zero-order valence-corrected chi connectivity index (χ0v) is 17.6. The molecule has 0 fully saturated rings.